The molecule has 0 aromatic carbocycles. The normalized spacial score (nSPS) is 11.4. The Labute approximate surface area is 105 Å². The number of aryl methyl sites for hydroxylation is 1. The number of aromatic nitrogens is 2. The zero-order valence-corrected chi connectivity index (χ0v) is 10.5. The lowest BCUT2D eigenvalue weighted by atomic mass is 10.3. The molecule has 2 aromatic rings. The van der Waals surface area contributed by atoms with Crippen LogP contribution in [-0.4, -0.2) is 23.0 Å². The highest BCUT2D eigenvalue weighted by molar-refractivity contribution is 7.18. The van der Waals surface area contributed by atoms with E-state index in [0.29, 0.717) is 10.2 Å². The zero-order valence-electron chi connectivity index (χ0n) is 8.91. The second-order valence-electron chi connectivity index (χ2n) is 3.28. The van der Waals surface area contributed by atoms with Gasteiger partial charge in [-0.1, -0.05) is 6.92 Å². The Hall–Kier alpha value is -1.01. The fourth-order valence-electron chi connectivity index (χ4n) is 1.35. The van der Waals surface area contributed by atoms with Crippen LogP contribution in [0.5, 0.6) is 5.88 Å². The van der Waals surface area contributed by atoms with E-state index in [1.807, 2.05) is 13.0 Å². The van der Waals surface area contributed by atoms with Gasteiger partial charge in [0.05, 0.1) is 5.39 Å². The minimum Gasteiger partial charge on any atom is -0.471 e. The first-order valence-electron chi connectivity index (χ1n) is 4.97. The minimum absolute atomic E-state index is 0.00580. The van der Waals surface area contributed by atoms with E-state index < -0.39 is 13.0 Å². The van der Waals surface area contributed by atoms with Gasteiger partial charge >= 0.3 is 0 Å². The van der Waals surface area contributed by atoms with Crippen LogP contribution in [0, 0.1) is 0 Å². The largest absolute Gasteiger partial charge is 0.471 e. The molecule has 17 heavy (non-hydrogen) atoms. The van der Waals surface area contributed by atoms with Gasteiger partial charge in [-0.15, -0.1) is 11.3 Å². The van der Waals surface area contributed by atoms with Crippen LogP contribution in [0.1, 0.15) is 11.8 Å². The van der Waals surface area contributed by atoms with Gasteiger partial charge in [-0.2, -0.15) is 4.98 Å². The molecule has 0 saturated heterocycles. The second kappa shape index (κ2) is 5.10. The first-order chi connectivity index (χ1) is 8.10. The van der Waals surface area contributed by atoms with Gasteiger partial charge in [0.1, 0.15) is 4.83 Å². The van der Waals surface area contributed by atoms with Crippen LogP contribution in [0.2, 0.25) is 5.28 Å². The molecule has 0 aliphatic rings. The summed E-state index contributed by atoms with van der Waals surface area (Å²) in [5, 5.41) is 0.642. The molecule has 2 heterocycles. The summed E-state index contributed by atoms with van der Waals surface area (Å²) >= 11 is 7.17. The van der Waals surface area contributed by atoms with Crippen molar-refractivity contribution in [2.75, 3.05) is 6.61 Å². The van der Waals surface area contributed by atoms with Crippen LogP contribution in [-0.2, 0) is 6.42 Å². The molecule has 92 valence electrons. The third-order valence-electron chi connectivity index (χ3n) is 2.08. The van der Waals surface area contributed by atoms with Crippen LogP contribution < -0.4 is 4.74 Å². The third-order valence-corrected chi connectivity index (χ3v) is 3.42. The number of thiophene rings is 1. The molecule has 0 unspecified atom stereocenters. The van der Waals surface area contributed by atoms with Crippen LogP contribution in [0.4, 0.5) is 8.78 Å². The zero-order chi connectivity index (χ0) is 12.4. The molecule has 0 amide bonds. The van der Waals surface area contributed by atoms with Gasteiger partial charge in [0, 0.05) is 4.88 Å². The highest BCUT2D eigenvalue weighted by atomic mass is 35.5. The predicted octanol–water partition coefficient (Wildman–Crippen LogP) is 3.55. The summed E-state index contributed by atoms with van der Waals surface area (Å²) in [5.74, 6) is 0.122. The van der Waals surface area contributed by atoms with E-state index in [-0.39, 0.29) is 11.2 Å². The summed E-state index contributed by atoms with van der Waals surface area (Å²) in [5.41, 5.74) is 0. The molecular formula is C10H9ClF2N2OS. The van der Waals surface area contributed by atoms with Crippen LogP contribution in [0.3, 0.4) is 0 Å². The summed E-state index contributed by atoms with van der Waals surface area (Å²) < 4.78 is 29.1. The monoisotopic (exact) mass is 278 g/mol. The SMILES string of the molecule is CCc1cc2c(OCC(F)F)nc(Cl)nc2s1. The molecule has 0 fully saturated rings. The fraction of sp³-hybridized carbons (Fsp3) is 0.400. The topological polar surface area (TPSA) is 35.0 Å². The van der Waals surface area contributed by atoms with Crippen molar-refractivity contribution in [3.05, 3.63) is 16.2 Å². The highest BCUT2D eigenvalue weighted by Crippen LogP contribution is 2.31. The number of hydrogen-bond donors (Lipinski definition) is 0. The van der Waals surface area contributed by atoms with E-state index in [9.17, 15) is 8.78 Å². The van der Waals surface area contributed by atoms with Crippen molar-refractivity contribution < 1.29 is 13.5 Å². The molecule has 0 spiro atoms. The Morgan fingerprint density at radius 1 is 1.47 bits per heavy atom. The molecule has 0 atom stereocenters. The Morgan fingerprint density at radius 3 is 2.88 bits per heavy atom. The molecule has 0 bridgehead atoms. The molecular weight excluding hydrogens is 270 g/mol. The van der Waals surface area contributed by atoms with E-state index in [1.54, 1.807) is 0 Å². The molecule has 0 aliphatic carbocycles. The first kappa shape index (κ1) is 12.4. The minimum atomic E-state index is -2.54. The van der Waals surface area contributed by atoms with E-state index in [4.69, 9.17) is 16.3 Å². The number of ether oxygens (including phenoxy) is 1. The van der Waals surface area contributed by atoms with Gasteiger partial charge in [-0.3, -0.25) is 0 Å². The average Bonchev–Trinajstić information content (AvgIpc) is 2.68. The Morgan fingerprint density at radius 2 is 2.24 bits per heavy atom. The summed E-state index contributed by atoms with van der Waals surface area (Å²) in [7, 11) is 0. The summed E-state index contributed by atoms with van der Waals surface area (Å²) in [6.45, 7) is 1.30. The Bertz CT molecular complexity index is 532. The van der Waals surface area contributed by atoms with Gasteiger partial charge < -0.3 is 4.74 Å². The average molecular weight is 279 g/mol. The number of alkyl halides is 2. The number of rotatable bonds is 4. The Kier molecular flexibility index (Phi) is 3.73. The van der Waals surface area contributed by atoms with E-state index >= 15 is 0 Å². The molecule has 2 aromatic heterocycles. The summed E-state index contributed by atoms with van der Waals surface area (Å²) in [4.78, 5) is 9.60. The van der Waals surface area contributed by atoms with Crippen molar-refractivity contribution in [3.8, 4) is 5.88 Å². The van der Waals surface area contributed by atoms with Crippen molar-refractivity contribution in [3.63, 3.8) is 0 Å². The second-order valence-corrected chi connectivity index (χ2v) is 4.74. The number of fused-ring (bicyclic) bond motifs is 1. The lowest BCUT2D eigenvalue weighted by Crippen LogP contribution is -2.08. The molecule has 0 aliphatic heterocycles. The highest BCUT2D eigenvalue weighted by Gasteiger charge is 2.13. The lowest BCUT2D eigenvalue weighted by molar-refractivity contribution is 0.0804. The van der Waals surface area contributed by atoms with E-state index in [1.165, 1.54) is 11.3 Å². The van der Waals surface area contributed by atoms with Crippen molar-refractivity contribution >= 4 is 33.2 Å². The Balaban J connectivity index is 2.41. The molecule has 0 N–H and O–H groups in total. The van der Waals surface area contributed by atoms with Gasteiger partial charge in [-0.05, 0) is 24.1 Å². The third kappa shape index (κ3) is 2.81. The van der Waals surface area contributed by atoms with E-state index in [2.05, 4.69) is 9.97 Å². The van der Waals surface area contributed by atoms with Crippen molar-refractivity contribution in [2.45, 2.75) is 19.8 Å². The van der Waals surface area contributed by atoms with Gasteiger partial charge in [0.2, 0.25) is 11.2 Å². The number of hydrogen-bond acceptors (Lipinski definition) is 4. The molecule has 2 rings (SSSR count). The summed E-state index contributed by atoms with van der Waals surface area (Å²) in [6.07, 6.45) is -1.70. The van der Waals surface area contributed by atoms with E-state index in [0.717, 1.165) is 11.3 Å². The quantitative estimate of drug-likeness (QED) is 0.802. The van der Waals surface area contributed by atoms with Gasteiger partial charge in [0.25, 0.3) is 6.43 Å². The standard InChI is InChI=1S/C10H9ClF2N2OS/c1-2-5-3-6-8(16-4-7(12)13)14-10(11)15-9(6)17-5/h3,7H,2,4H2,1H3. The van der Waals surface area contributed by atoms with Crippen LogP contribution in [0.25, 0.3) is 10.2 Å². The predicted molar refractivity (Wildman–Crippen MR) is 63.3 cm³/mol. The summed E-state index contributed by atoms with van der Waals surface area (Å²) in [6, 6.07) is 1.84. The maximum Gasteiger partial charge on any atom is 0.272 e. The fourth-order valence-corrected chi connectivity index (χ4v) is 2.52. The lowest BCUT2D eigenvalue weighted by Gasteiger charge is -2.05. The van der Waals surface area contributed by atoms with Gasteiger partial charge in [-0.25, -0.2) is 13.8 Å². The van der Waals surface area contributed by atoms with Crippen LogP contribution in [0.15, 0.2) is 6.07 Å². The maximum absolute atomic E-state index is 12.1. The maximum atomic E-state index is 12.1. The van der Waals surface area contributed by atoms with Gasteiger partial charge in [0.15, 0.2) is 6.61 Å². The van der Waals surface area contributed by atoms with Crippen molar-refractivity contribution in [2.24, 2.45) is 0 Å². The molecule has 0 saturated carbocycles. The smallest absolute Gasteiger partial charge is 0.272 e. The van der Waals surface area contributed by atoms with Crippen molar-refractivity contribution in [1.29, 1.82) is 0 Å². The number of nitrogens with zero attached hydrogens (tertiary/aromatic N) is 2. The molecule has 0 radical (unpaired) electrons. The van der Waals surface area contributed by atoms with Crippen molar-refractivity contribution in [1.82, 2.24) is 9.97 Å². The molecule has 3 nitrogen and oxygen atoms in total. The number of halogens is 3. The van der Waals surface area contributed by atoms with Crippen LogP contribution >= 0.6 is 22.9 Å². The first-order valence-corrected chi connectivity index (χ1v) is 6.16. The molecule has 7 heteroatoms.